The summed E-state index contributed by atoms with van der Waals surface area (Å²) in [4.78, 5) is 72.6. The molecule has 0 saturated carbocycles. The van der Waals surface area contributed by atoms with Gasteiger partial charge in [0, 0.05) is 25.7 Å². The molecule has 0 radical (unpaired) electrons. The lowest BCUT2D eigenvalue weighted by atomic mass is 10.0. The highest BCUT2D eigenvalue weighted by molar-refractivity contribution is 7.47. The first-order valence-corrected chi connectivity index (χ1v) is 42.8. The van der Waals surface area contributed by atoms with Crippen molar-refractivity contribution in [3.8, 4) is 0 Å². The van der Waals surface area contributed by atoms with Crippen molar-refractivity contribution in [2.24, 2.45) is 17.8 Å². The molecule has 0 aliphatic heterocycles. The molecular weight excluding hydrogens is 1260 g/mol. The van der Waals surface area contributed by atoms with Gasteiger partial charge in [-0.05, 0) is 43.4 Å². The van der Waals surface area contributed by atoms with Crippen LogP contribution in [0.4, 0.5) is 0 Å². The average molecular weight is 1410 g/mol. The SMILES string of the molecule is CCCCCCCC(=O)OC[C@H](COP(=O)(O)OC[C@H](O)COP(=O)(O)OC[C@@H](COC(=O)CCCCCCCCCCCCCCCC(C)C)OC(=O)CCCCCCCCCCCCCCCCCCC(C)C)OC(=O)CCCCCCCCCCCCCCCC(C)C. The molecule has 0 bridgehead atoms. The minimum absolute atomic E-state index is 0.106. The third-order valence-corrected chi connectivity index (χ3v) is 19.8. The van der Waals surface area contributed by atoms with Gasteiger partial charge < -0.3 is 33.8 Å². The first-order chi connectivity index (χ1) is 46.2. The van der Waals surface area contributed by atoms with Gasteiger partial charge in [0.25, 0.3) is 0 Å². The van der Waals surface area contributed by atoms with Crippen LogP contribution in [0.5, 0.6) is 0 Å². The molecule has 0 rings (SSSR count). The summed E-state index contributed by atoms with van der Waals surface area (Å²) in [6.45, 7) is 11.9. The van der Waals surface area contributed by atoms with Crippen molar-refractivity contribution < 1.29 is 80.2 Å². The Morgan fingerprint density at radius 3 is 0.708 bits per heavy atom. The Morgan fingerprint density at radius 1 is 0.281 bits per heavy atom. The molecule has 5 atom stereocenters. The van der Waals surface area contributed by atoms with Gasteiger partial charge in [-0.3, -0.25) is 37.3 Å². The van der Waals surface area contributed by atoms with Gasteiger partial charge in [0.1, 0.15) is 19.3 Å². The van der Waals surface area contributed by atoms with Crippen LogP contribution in [0.1, 0.15) is 395 Å². The van der Waals surface area contributed by atoms with Crippen molar-refractivity contribution in [1.29, 1.82) is 0 Å². The van der Waals surface area contributed by atoms with Crippen molar-refractivity contribution in [2.45, 2.75) is 414 Å². The van der Waals surface area contributed by atoms with Gasteiger partial charge in [-0.1, -0.05) is 344 Å². The van der Waals surface area contributed by atoms with E-state index in [-0.39, 0.29) is 25.7 Å². The van der Waals surface area contributed by atoms with Crippen molar-refractivity contribution in [2.75, 3.05) is 39.6 Å². The van der Waals surface area contributed by atoms with Gasteiger partial charge >= 0.3 is 39.5 Å². The lowest BCUT2D eigenvalue weighted by Crippen LogP contribution is -2.30. The van der Waals surface area contributed by atoms with Crippen LogP contribution in [0, 0.1) is 17.8 Å². The molecule has 19 heteroatoms. The molecular formula is C77H150O17P2. The first-order valence-electron chi connectivity index (χ1n) is 39.8. The Morgan fingerprint density at radius 2 is 0.479 bits per heavy atom. The van der Waals surface area contributed by atoms with Crippen molar-refractivity contribution in [3.05, 3.63) is 0 Å². The molecule has 0 aromatic rings. The van der Waals surface area contributed by atoms with Crippen molar-refractivity contribution in [1.82, 2.24) is 0 Å². The predicted molar refractivity (Wildman–Crippen MR) is 391 cm³/mol. The smallest absolute Gasteiger partial charge is 0.462 e. The largest absolute Gasteiger partial charge is 0.472 e. The van der Waals surface area contributed by atoms with Crippen LogP contribution >= 0.6 is 15.6 Å². The summed E-state index contributed by atoms with van der Waals surface area (Å²) in [5, 5.41) is 10.6. The van der Waals surface area contributed by atoms with Crippen LogP contribution in [-0.2, 0) is 65.4 Å². The molecule has 570 valence electrons. The van der Waals surface area contributed by atoms with E-state index in [0.717, 1.165) is 114 Å². The second-order valence-corrected chi connectivity index (χ2v) is 32.1. The van der Waals surface area contributed by atoms with Gasteiger partial charge in [0.2, 0.25) is 0 Å². The summed E-state index contributed by atoms with van der Waals surface area (Å²) in [5.74, 6) is 0.261. The van der Waals surface area contributed by atoms with Crippen LogP contribution in [-0.4, -0.2) is 96.7 Å². The topological polar surface area (TPSA) is 237 Å². The lowest BCUT2D eigenvalue weighted by molar-refractivity contribution is -0.161. The van der Waals surface area contributed by atoms with Crippen LogP contribution in [0.2, 0.25) is 0 Å². The zero-order chi connectivity index (χ0) is 70.9. The Kier molecular flexibility index (Phi) is 66.2. The van der Waals surface area contributed by atoms with E-state index in [0.29, 0.717) is 25.7 Å². The fourth-order valence-corrected chi connectivity index (χ4v) is 13.4. The minimum Gasteiger partial charge on any atom is -0.462 e. The number of esters is 4. The highest BCUT2D eigenvalue weighted by Gasteiger charge is 2.30. The predicted octanol–water partition coefficient (Wildman–Crippen LogP) is 22.6. The minimum atomic E-state index is -4.96. The van der Waals surface area contributed by atoms with E-state index in [2.05, 4.69) is 48.5 Å². The molecule has 0 saturated heterocycles. The van der Waals surface area contributed by atoms with E-state index in [1.807, 2.05) is 0 Å². The summed E-state index contributed by atoms with van der Waals surface area (Å²) in [6, 6.07) is 0. The molecule has 17 nitrogen and oxygen atoms in total. The summed E-state index contributed by atoms with van der Waals surface area (Å²) in [6.07, 6.45) is 54.5. The summed E-state index contributed by atoms with van der Waals surface area (Å²) in [7, 11) is -9.90. The molecule has 0 amide bonds. The van der Waals surface area contributed by atoms with E-state index in [1.165, 1.54) is 199 Å². The number of phosphoric ester groups is 2. The van der Waals surface area contributed by atoms with Crippen LogP contribution < -0.4 is 0 Å². The third-order valence-electron chi connectivity index (χ3n) is 17.9. The number of hydrogen-bond acceptors (Lipinski definition) is 15. The highest BCUT2D eigenvalue weighted by atomic mass is 31.2. The molecule has 0 spiro atoms. The molecule has 96 heavy (non-hydrogen) atoms. The Balaban J connectivity index is 5.14. The Bertz CT molecular complexity index is 1870. The summed E-state index contributed by atoms with van der Waals surface area (Å²) < 4.78 is 68.4. The number of hydrogen-bond donors (Lipinski definition) is 3. The van der Waals surface area contributed by atoms with Gasteiger partial charge in [0.15, 0.2) is 12.2 Å². The lowest BCUT2D eigenvalue weighted by Gasteiger charge is -2.21. The maximum atomic E-state index is 13.1. The van der Waals surface area contributed by atoms with Gasteiger partial charge in [0.05, 0.1) is 26.4 Å². The zero-order valence-corrected chi connectivity index (χ0v) is 64.6. The molecule has 0 aliphatic rings. The highest BCUT2D eigenvalue weighted by Crippen LogP contribution is 2.45. The Hall–Kier alpha value is -1.94. The first kappa shape index (κ1) is 94.1. The maximum Gasteiger partial charge on any atom is 0.472 e. The second kappa shape index (κ2) is 67.5. The number of phosphoric acid groups is 2. The van der Waals surface area contributed by atoms with E-state index >= 15 is 0 Å². The van der Waals surface area contributed by atoms with Crippen molar-refractivity contribution in [3.63, 3.8) is 0 Å². The molecule has 0 fully saturated rings. The van der Waals surface area contributed by atoms with E-state index in [9.17, 15) is 43.2 Å². The number of carbonyl (C=O) groups excluding carboxylic acids is 4. The van der Waals surface area contributed by atoms with E-state index in [4.69, 9.17) is 37.0 Å². The maximum absolute atomic E-state index is 13.1. The number of aliphatic hydroxyl groups is 1. The summed E-state index contributed by atoms with van der Waals surface area (Å²) in [5.41, 5.74) is 0. The average Bonchev–Trinajstić information content (AvgIpc) is 1.15. The van der Waals surface area contributed by atoms with Crippen LogP contribution in [0.15, 0.2) is 0 Å². The number of aliphatic hydroxyl groups excluding tert-OH is 1. The number of carbonyl (C=O) groups is 4. The van der Waals surface area contributed by atoms with Gasteiger partial charge in [-0.15, -0.1) is 0 Å². The molecule has 3 N–H and O–H groups in total. The molecule has 0 aromatic carbocycles. The monoisotopic (exact) mass is 1410 g/mol. The van der Waals surface area contributed by atoms with Crippen LogP contribution in [0.25, 0.3) is 0 Å². The number of unbranched alkanes of at least 4 members (excludes halogenated alkanes) is 43. The standard InChI is InChI=1S/C77H150O17P2/c1-8-9-10-41-51-58-74(79)87-64-72(93-76(81)60-54-47-40-34-28-22-16-19-25-31-37-44-50-57-70(6)7)66-91-95(83,84)89-62-71(78)63-90-96(85,86)92-67-73(65-88-75(80)59-52-45-38-32-26-21-15-18-24-30-36-43-49-56-69(4)5)94-77(82)61-53-46-39-33-27-20-14-12-11-13-17-23-29-35-42-48-55-68(2)3/h68-73,78H,8-67H2,1-7H3,(H,83,84)(H,85,86)/t71-,72+,73+/m0/s1. The van der Waals surface area contributed by atoms with Crippen LogP contribution in [0.3, 0.4) is 0 Å². The second-order valence-electron chi connectivity index (χ2n) is 29.2. The zero-order valence-electron chi connectivity index (χ0n) is 62.8. The van der Waals surface area contributed by atoms with Crippen molar-refractivity contribution >= 4 is 39.5 Å². The normalized spacial score (nSPS) is 14.1. The molecule has 0 aliphatic carbocycles. The fourth-order valence-electron chi connectivity index (χ4n) is 11.8. The third kappa shape index (κ3) is 70.5. The molecule has 2 unspecified atom stereocenters. The van der Waals surface area contributed by atoms with E-state index in [1.54, 1.807) is 0 Å². The Labute approximate surface area is 588 Å². The number of ether oxygens (including phenoxy) is 4. The van der Waals surface area contributed by atoms with Gasteiger partial charge in [-0.25, -0.2) is 9.13 Å². The van der Waals surface area contributed by atoms with Gasteiger partial charge in [-0.2, -0.15) is 0 Å². The summed E-state index contributed by atoms with van der Waals surface area (Å²) >= 11 is 0. The quantitative estimate of drug-likeness (QED) is 0.0222. The fraction of sp³-hybridized carbons (Fsp3) is 0.948. The molecule has 0 aromatic heterocycles. The molecule has 0 heterocycles. The number of rotatable bonds is 75. The van der Waals surface area contributed by atoms with E-state index < -0.39 is 97.5 Å².